The van der Waals surface area contributed by atoms with Crippen LogP contribution in [0.5, 0.6) is 0 Å². The molecule has 1 N–H and O–H groups in total. The SMILES string of the molecule is COC(=O)[C@@H](O)S(C)(=O)=O. The number of carbonyl (C=O) groups is 1. The first-order chi connectivity index (χ1) is 4.39. The van der Waals surface area contributed by atoms with Crippen molar-refractivity contribution in [1.82, 2.24) is 0 Å². The predicted octanol–water partition coefficient (Wildman–Crippen LogP) is -1.48. The van der Waals surface area contributed by atoms with Gasteiger partial charge < -0.3 is 9.84 Å². The largest absolute Gasteiger partial charge is 0.466 e. The van der Waals surface area contributed by atoms with E-state index >= 15 is 0 Å². The summed E-state index contributed by atoms with van der Waals surface area (Å²) in [6.45, 7) is 0. The third-order valence-corrected chi connectivity index (χ3v) is 1.81. The van der Waals surface area contributed by atoms with E-state index in [9.17, 15) is 13.2 Å². The second-order valence-corrected chi connectivity index (χ2v) is 3.81. The number of esters is 1. The van der Waals surface area contributed by atoms with Crippen molar-refractivity contribution < 1.29 is 23.1 Å². The first kappa shape index (κ1) is 9.38. The lowest BCUT2D eigenvalue weighted by Crippen LogP contribution is -2.29. The molecule has 0 bridgehead atoms. The number of ether oxygens (including phenoxy) is 1. The van der Waals surface area contributed by atoms with Crippen LogP contribution in [0.4, 0.5) is 0 Å². The minimum absolute atomic E-state index is 0.745. The summed E-state index contributed by atoms with van der Waals surface area (Å²) >= 11 is 0. The molecule has 5 nitrogen and oxygen atoms in total. The Balaban J connectivity index is 4.39. The first-order valence-electron chi connectivity index (χ1n) is 2.34. The maximum atomic E-state index is 10.4. The van der Waals surface area contributed by atoms with Crippen molar-refractivity contribution in [2.24, 2.45) is 0 Å². The van der Waals surface area contributed by atoms with Crippen LogP contribution in [-0.2, 0) is 19.4 Å². The summed E-state index contributed by atoms with van der Waals surface area (Å²) in [4.78, 5) is 10.3. The number of aliphatic hydroxyl groups excluding tert-OH is 1. The number of hydrogen-bond donors (Lipinski definition) is 1. The highest BCUT2D eigenvalue weighted by Crippen LogP contribution is 1.95. The number of methoxy groups -OCH3 is 1. The standard InChI is InChI=1S/C4H8O5S/c1-9-3(5)4(6)10(2,7)8/h4,6H,1-2H3/t4-/m0/s1. The van der Waals surface area contributed by atoms with E-state index in [1.807, 2.05) is 0 Å². The summed E-state index contributed by atoms with van der Waals surface area (Å²) < 4.78 is 24.7. The van der Waals surface area contributed by atoms with Gasteiger partial charge in [0.25, 0.3) is 5.44 Å². The minimum Gasteiger partial charge on any atom is -0.466 e. The smallest absolute Gasteiger partial charge is 0.350 e. The van der Waals surface area contributed by atoms with Gasteiger partial charge in [-0.25, -0.2) is 13.2 Å². The van der Waals surface area contributed by atoms with E-state index in [2.05, 4.69) is 4.74 Å². The summed E-state index contributed by atoms with van der Waals surface area (Å²) in [6.07, 6.45) is 0.745. The molecule has 0 spiro atoms. The molecule has 0 aromatic carbocycles. The summed E-state index contributed by atoms with van der Waals surface area (Å²) in [5.74, 6) is -1.16. The van der Waals surface area contributed by atoms with E-state index in [1.165, 1.54) is 0 Å². The summed E-state index contributed by atoms with van der Waals surface area (Å²) in [5.41, 5.74) is -2.06. The Morgan fingerprint density at radius 3 is 2.10 bits per heavy atom. The number of aliphatic hydroxyl groups is 1. The van der Waals surface area contributed by atoms with Gasteiger partial charge in [-0.2, -0.15) is 0 Å². The molecule has 0 aliphatic rings. The number of sulfone groups is 1. The number of rotatable bonds is 2. The van der Waals surface area contributed by atoms with Crippen molar-refractivity contribution >= 4 is 15.8 Å². The molecule has 1 atom stereocenters. The zero-order valence-electron chi connectivity index (χ0n) is 5.57. The molecular weight excluding hydrogens is 160 g/mol. The van der Waals surface area contributed by atoms with E-state index in [0.29, 0.717) is 0 Å². The van der Waals surface area contributed by atoms with Gasteiger partial charge in [-0.1, -0.05) is 0 Å². The summed E-state index contributed by atoms with van der Waals surface area (Å²) in [7, 11) is -2.74. The van der Waals surface area contributed by atoms with Crippen LogP contribution in [0, 0.1) is 0 Å². The van der Waals surface area contributed by atoms with Crippen molar-refractivity contribution in [1.29, 1.82) is 0 Å². The molecular formula is C4H8O5S. The molecule has 0 rings (SSSR count). The summed E-state index contributed by atoms with van der Waals surface area (Å²) in [5, 5.41) is 8.59. The number of carbonyl (C=O) groups excluding carboxylic acids is 1. The Kier molecular flexibility index (Phi) is 2.79. The Morgan fingerprint density at radius 1 is 1.60 bits per heavy atom. The quantitative estimate of drug-likeness (QED) is 0.509. The molecule has 0 aliphatic carbocycles. The third-order valence-electron chi connectivity index (χ3n) is 0.808. The van der Waals surface area contributed by atoms with Gasteiger partial charge in [0.15, 0.2) is 9.84 Å². The average molecular weight is 168 g/mol. The van der Waals surface area contributed by atoms with Crippen LogP contribution in [0.15, 0.2) is 0 Å². The molecule has 0 unspecified atom stereocenters. The highest BCUT2D eigenvalue weighted by molar-refractivity contribution is 7.91. The van der Waals surface area contributed by atoms with Crippen LogP contribution >= 0.6 is 0 Å². The van der Waals surface area contributed by atoms with Gasteiger partial charge in [0.05, 0.1) is 7.11 Å². The molecule has 0 aromatic heterocycles. The van der Waals surface area contributed by atoms with E-state index in [0.717, 1.165) is 13.4 Å². The molecule has 0 aliphatic heterocycles. The van der Waals surface area contributed by atoms with E-state index in [1.54, 1.807) is 0 Å². The molecule has 0 aromatic rings. The molecule has 10 heavy (non-hydrogen) atoms. The fourth-order valence-electron chi connectivity index (χ4n) is 0.276. The maximum absolute atomic E-state index is 10.4. The lowest BCUT2D eigenvalue weighted by molar-refractivity contribution is -0.145. The second-order valence-electron chi connectivity index (χ2n) is 1.71. The zero-order chi connectivity index (χ0) is 8.36. The number of hydrogen-bond acceptors (Lipinski definition) is 5. The molecule has 0 radical (unpaired) electrons. The fourth-order valence-corrected chi connectivity index (χ4v) is 0.721. The molecule has 0 fully saturated rings. The van der Waals surface area contributed by atoms with Gasteiger partial charge >= 0.3 is 5.97 Å². The van der Waals surface area contributed by atoms with Crippen LogP contribution in [0.25, 0.3) is 0 Å². The third kappa shape index (κ3) is 2.32. The van der Waals surface area contributed by atoms with Gasteiger partial charge in [0.1, 0.15) is 0 Å². The van der Waals surface area contributed by atoms with Crippen LogP contribution in [0.1, 0.15) is 0 Å². The maximum Gasteiger partial charge on any atom is 0.350 e. The molecule has 0 heterocycles. The van der Waals surface area contributed by atoms with Gasteiger partial charge in [0.2, 0.25) is 0 Å². The summed E-state index contributed by atoms with van der Waals surface area (Å²) in [6, 6.07) is 0. The molecule has 0 saturated heterocycles. The minimum atomic E-state index is -3.73. The van der Waals surface area contributed by atoms with E-state index in [-0.39, 0.29) is 0 Å². The van der Waals surface area contributed by atoms with Crippen LogP contribution in [0.2, 0.25) is 0 Å². The van der Waals surface area contributed by atoms with Crippen molar-refractivity contribution in [3.63, 3.8) is 0 Å². The highest BCUT2D eigenvalue weighted by atomic mass is 32.2. The van der Waals surface area contributed by atoms with Crippen LogP contribution in [0.3, 0.4) is 0 Å². The normalized spacial score (nSPS) is 14.3. The Bertz CT molecular complexity index is 216. The van der Waals surface area contributed by atoms with Gasteiger partial charge in [-0.05, 0) is 0 Å². The zero-order valence-corrected chi connectivity index (χ0v) is 6.38. The Morgan fingerprint density at radius 2 is 2.00 bits per heavy atom. The fraction of sp³-hybridized carbons (Fsp3) is 0.750. The van der Waals surface area contributed by atoms with Crippen molar-refractivity contribution in [3.8, 4) is 0 Å². The van der Waals surface area contributed by atoms with E-state index < -0.39 is 21.2 Å². The molecule has 0 saturated carbocycles. The van der Waals surface area contributed by atoms with Gasteiger partial charge in [-0.3, -0.25) is 0 Å². The van der Waals surface area contributed by atoms with Crippen molar-refractivity contribution in [2.75, 3.05) is 13.4 Å². The van der Waals surface area contributed by atoms with Crippen molar-refractivity contribution in [3.05, 3.63) is 0 Å². The first-order valence-corrected chi connectivity index (χ1v) is 4.30. The lowest BCUT2D eigenvalue weighted by atomic mass is 10.7. The lowest BCUT2D eigenvalue weighted by Gasteiger charge is -2.03. The van der Waals surface area contributed by atoms with E-state index in [4.69, 9.17) is 5.11 Å². The topological polar surface area (TPSA) is 80.7 Å². The molecule has 60 valence electrons. The van der Waals surface area contributed by atoms with Crippen LogP contribution in [-0.4, -0.2) is 38.3 Å². The second kappa shape index (κ2) is 2.98. The average Bonchev–Trinajstić information content (AvgIpc) is 1.83. The molecule has 0 amide bonds. The highest BCUT2D eigenvalue weighted by Gasteiger charge is 2.26. The van der Waals surface area contributed by atoms with Crippen molar-refractivity contribution in [2.45, 2.75) is 5.44 Å². The monoisotopic (exact) mass is 168 g/mol. The van der Waals surface area contributed by atoms with Gasteiger partial charge in [0, 0.05) is 6.26 Å². The Labute approximate surface area is 58.5 Å². The Hall–Kier alpha value is -0.620. The van der Waals surface area contributed by atoms with Crippen LogP contribution < -0.4 is 0 Å². The predicted molar refractivity (Wildman–Crippen MR) is 32.9 cm³/mol. The molecule has 6 heteroatoms. The van der Waals surface area contributed by atoms with Gasteiger partial charge in [-0.15, -0.1) is 0 Å².